The second-order valence-corrected chi connectivity index (χ2v) is 7.68. The Hall–Kier alpha value is -2.23. The van der Waals surface area contributed by atoms with Crippen LogP contribution in [0.5, 0.6) is 5.75 Å². The molecule has 1 aliphatic rings. The van der Waals surface area contributed by atoms with Crippen molar-refractivity contribution in [2.45, 2.75) is 6.54 Å². The van der Waals surface area contributed by atoms with Gasteiger partial charge in [0.15, 0.2) is 0 Å². The van der Waals surface area contributed by atoms with Crippen LogP contribution < -0.4 is 14.4 Å². The second kappa shape index (κ2) is 8.93. The minimum absolute atomic E-state index is 0.0855. The van der Waals surface area contributed by atoms with Crippen molar-refractivity contribution in [3.63, 3.8) is 0 Å². The van der Waals surface area contributed by atoms with Crippen molar-refractivity contribution >= 4 is 16.0 Å². The number of nitrogens with one attached hydrogen (secondary N) is 1. The van der Waals surface area contributed by atoms with E-state index in [-0.39, 0.29) is 18.9 Å². The van der Waals surface area contributed by atoms with E-state index in [1.807, 2.05) is 23.1 Å². The monoisotopic (exact) mass is 378 g/mol. The normalized spacial score (nSPS) is 15.0. The fraction of sp³-hybridized carbons (Fsp3) is 0.412. The van der Waals surface area contributed by atoms with Gasteiger partial charge in [-0.1, -0.05) is 18.2 Å². The average Bonchev–Trinajstić information content (AvgIpc) is 2.68. The molecule has 0 atom stereocenters. The molecule has 1 N–H and O–H groups in total. The van der Waals surface area contributed by atoms with Gasteiger partial charge in [-0.15, -0.1) is 0 Å². The molecule has 8 nitrogen and oxygen atoms in total. The standard InChI is InChI=1S/C17H22N4O4S/c22-26(23,13-12-25-16-4-2-1-3-5-16)19-14-15-6-7-18-17(20-15)21-8-10-24-11-9-21/h1-7,19H,8-14H2. The summed E-state index contributed by atoms with van der Waals surface area (Å²) in [5.41, 5.74) is 0.619. The Balaban J connectivity index is 1.49. The number of benzene rings is 1. The average molecular weight is 378 g/mol. The van der Waals surface area contributed by atoms with Gasteiger partial charge in [0.2, 0.25) is 16.0 Å². The molecule has 1 fully saturated rings. The van der Waals surface area contributed by atoms with E-state index in [9.17, 15) is 8.42 Å². The van der Waals surface area contributed by atoms with Crippen LogP contribution >= 0.6 is 0 Å². The smallest absolute Gasteiger partial charge is 0.225 e. The van der Waals surface area contributed by atoms with Gasteiger partial charge >= 0.3 is 0 Å². The molecule has 0 amide bonds. The van der Waals surface area contributed by atoms with Crippen LogP contribution in [0, 0.1) is 0 Å². The summed E-state index contributed by atoms with van der Waals surface area (Å²) in [6.45, 7) is 2.94. The number of aromatic nitrogens is 2. The van der Waals surface area contributed by atoms with Crippen LogP contribution in [0.3, 0.4) is 0 Å². The maximum atomic E-state index is 12.1. The quantitative estimate of drug-likeness (QED) is 0.726. The number of para-hydroxylation sites is 1. The summed E-state index contributed by atoms with van der Waals surface area (Å²) < 4.78 is 37.5. The largest absolute Gasteiger partial charge is 0.492 e. The Kier molecular flexibility index (Phi) is 6.37. The van der Waals surface area contributed by atoms with E-state index in [1.165, 1.54) is 0 Å². The molecule has 0 unspecified atom stereocenters. The Bertz CT molecular complexity index is 795. The predicted octanol–water partition coefficient (Wildman–Crippen LogP) is 0.812. The first-order valence-corrected chi connectivity index (χ1v) is 10.1. The van der Waals surface area contributed by atoms with E-state index in [2.05, 4.69) is 14.7 Å². The van der Waals surface area contributed by atoms with E-state index >= 15 is 0 Å². The number of nitrogens with zero attached hydrogens (tertiary/aromatic N) is 3. The molecule has 9 heteroatoms. The molecule has 0 radical (unpaired) electrons. The van der Waals surface area contributed by atoms with E-state index < -0.39 is 10.0 Å². The van der Waals surface area contributed by atoms with Gasteiger partial charge in [-0.2, -0.15) is 0 Å². The van der Waals surface area contributed by atoms with Crippen LogP contribution in [0.25, 0.3) is 0 Å². The van der Waals surface area contributed by atoms with Crippen molar-refractivity contribution in [3.05, 3.63) is 48.3 Å². The van der Waals surface area contributed by atoms with Crippen LogP contribution in [0.4, 0.5) is 5.95 Å². The minimum atomic E-state index is -3.46. The summed E-state index contributed by atoms with van der Waals surface area (Å²) in [5.74, 6) is 1.12. The number of ether oxygens (including phenoxy) is 2. The summed E-state index contributed by atoms with van der Waals surface area (Å²) in [7, 11) is -3.46. The fourth-order valence-corrected chi connectivity index (χ4v) is 3.26. The predicted molar refractivity (Wildman–Crippen MR) is 97.6 cm³/mol. The number of morpholine rings is 1. The first kappa shape index (κ1) is 18.6. The molecule has 1 aromatic carbocycles. The fourth-order valence-electron chi connectivity index (χ4n) is 2.44. The lowest BCUT2D eigenvalue weighted by molar-refractivity contribution is 0.122. The van der Waals surface area contributed by atoms with Gasteiger partial charge in [0.05, 0.1) is 31.2 Å². The minimum Gasteiger partial charge on any atom is -0.492 e. The van der Waals surface area contributed by atoms with Crippen molar-refractivity contribution < 1.29 is 17.9 Å². The molecule has 3 rings (SSSR count). The third-order valence-corrected chi connectivity index (χ3v) is 5.12. The maximum Gasteiger partial charge on any atom is 0.225 e. The highest BCUT2D eigenvalue weighted by atomic mass is 32.2. The second-order valence-electron chi connectivity index (χ2n) is 5.75. The van der Waals surface area contributed by atoms with Crippen molar-refractivity contribution in [1.82, 2.24) is 14.7 Å². The number of anilines is 1. The molecule has 0 aliphatic carbocycles. The number of rotatable bonds is 8. The van der Waals surface area contributed by atoms with Crippen molar-refractivity contribution in [1.29, 1.82) is 0 Å². The lowest BCUT2D eigenvalue weighted by Gasteiger charge is -2.26. The zero-order chi connectivity index (χ0) is 18.2. The maximum absolute atomic E-state index is 12.1. The highest BCUT2D eigenvalue weighted by Crippen LogP contribution is 2.10. The van der Waals surface area contributed by atoms with Crippen molar-refractivity contribution in [2.75, 3.05) is 43.6 Å². The summed E-state index contributed by atoms with van der Waals surface area (Å²) in [6.07, 6.45) is 1.64. The molecule has 0 bridgehead atoms. The van der Waals surface area contributed by atoms with Gasteiger partial charge in [-0.05, 0) is 18.2 Å². The lowest BCUT2D eigenvalue weighted by Crippen LogP contribution is -2.37. The molecule has 2 heterocycles. The van der Waals surface area contributed by atoms with E-state index in [4.69, 9.17) is 9.47 Å². The van der Waals surface area contributed by atoms with E-state index in [0.717, 1.165) is 13.1 Å². The zero-order valence-electron chi connectivity index (χ0n) is 14.4. The number of hydrogen-bond acceptors (Lipinski definition) is 7. The van der Waals surface area contributed by atoms with Gasteiger partial charge in [-0.3, -0.25) is 0 Å². The Morgan fingerprint density at radius 2 is 1.92 bits per heavy atom. The van der Waals surface area contributed by atoms with Crippen molar-refractivity contribution in [3.8, 4) is 5.75 Å². The van der Waals surface area contributed by atoms with Crippen LogP contribution in [-0.4, -0.2) is 57.0 Å². The molecule has 1 saturated heterocycles. The van der Waals surface area contributed by atoms with Crippen LogP contribution in [0.2, 0.25) is 0 Å². The van der Waals surface area contributed by atoms with Crippen LogP contribution in [0.15, 0.2) is 42.6 Å². The first-order chi connectivity index (χ1) is 12.6. The Morgan fingerprint density at radius 1 is 1.15 bits per heavy atom. The molecular formula is C17H22N4O4S. The lowest BCUT2D eigenvalue weighted by atomic mass is 10.3. The SMILES string of the molecule is O=S(=O)(CCOc1ccccc1)NCc1ccnc(N2CCOCC2)n1. The third kappa shape index (κ3) is 5.65. The van der Waals surface area contributed by atoms with Crippen LogP contribution in [-0.2, 0) is 21.3 Å². The molecule has 2 aromatic rings. The summed E-state index contributed by atoms with van der Waals surface area (Å²) in [4.78, 5) is 10.7. The highest BCUT2D eigenvalue weighted by Gasteiger charge is 2.15. The molecule has 0 spiro atoms. The van der Waals surface area contributed by atoms with Gasteiger partial charge in [0.1, 0.15) is 12.4 Å². The third-order valence-electron chi connectivity index (χ3n) is 3.83. The number of sulfonamides is 1. The molecule has 1 aromatic heterocycles. The van der Waals surface area contributed by atoms with Crippen LogP contribution in [0.1, 0.15) is 5.69 Å². The first-order valence-electron chi connectivity index (χ1n) is 8.42. The molecule has 26 heavy (non-hydrogen) atoms. The summed E-state index contributed by atoms with van der Waals surface area (Å²) in [6, 6.07) is 10.8. The molecule has 0 saturated carbocycles. The van der Waals surface area contributed by atoms with Gasteiger partial charge in [-0.25, -0.2) is 23.1 Å². The topological polar surface area (TPSA) is 93.7 Å². The zero-order valence-corrected chi connectivity index (χ0v) is 15.2. The van der Waals surface area contributed by atoms with Crippen molar-refractivity contribution in [2.24, 2.45) is 0 Å². The summed E-state index contributed by atoms with van der Waals surface area (Å²) in [5, 5.41) is 0. The van der Waals surface area contributed by atoms with Gasteiger partial charge < -0.3 is 14.4 Å². The summed E-state index contributed by atoms with van der Waals surface area (Å²) >= 11 is 0. The molecular weight excluding hydrogens is 356 g/mol. The highest BCUT2D eigenvalue weighted by molar-refractivity contribution is 7.89. The van der Waals surface area contributed by atoms with Gasteiger partial charge in [0.25, 0.3) is 0 Å². The molecule has 140 valence electrons. The Labute approximate surface area is 153 Å². The number of hydrogen-bond donors (Lipinski definition) is 1. The van der Waals surface area contributed by atoms with Gasteiger partial charge in [0, 0.05) is 19.3 Å². The Morgan fingerprint density at radius 3 is 2.69 bits per heavy atom. The molecule has 1 aliphatic heterocycles. The van der Waals surface area contributed by atoms with E-state index in [0.29, 0.717) is 30.6 Å². The van der Waals surface area contributed by atoms with E-state index in [1.54, 1.807) is 24.4 Å².